The Balaban J connectivity index is 3.66. The van der Waals surface area contributed by atoms with Crippen molar-refractivity contribution in [1.29, 1.82) is 5.41 Å². The van der Waals surface area contributed by atoms with Gasteiger partial charge in [-0.1, -0.05) is 0 Å². The molecular formula is C6H13N3OS. The van der Waals surface area contributed by atoms with Crippen LogP contribution in [0.1, 0.15) is 13.8 Å². The second kappa shape index (κ2) is 5.17. The smallest absolute Gasteiger partial charge is 0.259 e. The van der Waals surface area contributed by atoms with Gasteiger partial charge in [-0.05, 0) is 13.8 Å². The third-order valence-corrected chi connectivity index (χ3v) is 1.45. The highest BCUT2D eigenvalue weighted by atomic mass is 32.2. The van der Waals surface area contributed by atoms with E-state index in [0.717, 1.165) is 0 Å². The molecule has 0 aliphatic carbocycles. The van der Waals surface area contributed by atoms with Gasteiger partial charge >= 0.3 is 0 Å². The first-order valence-electron chi connectivity index (χ1n) is 3.21. The van der Waals surface area contributed by atoms with Gasteiger partial charge in [0, 0.05) is 18.3 Å². The molecule has 0 aromatic heterocycles. The van der Waals surface area contributed by atoms with Crippen LogP contribution < -0.4 is 10.5 Å². The standard InChI is InChI=1S/C6H13N3OS/c1-5(2)9-4-3-6(7)11(8)10/h3-5,7,9H,8H2,1-2H3/b4-3-,7-6?. The Morgan fingerprint density at radius 1 is 1.73 bits per heavy atom. The lowest BCUT2D eigenvalue weighted by Gasteiger charge is -2.02. The molecule has 0 heterocycles. The molecule has 0 aliphatic heterocycles. The monoisotopic (exact) mass is 175 g/mol. The van der Waals surface area contributed by atoms with Crippen LogP contribution in [-0.2, 0) is 11.4 Å². The molecule has 0 radical (unpaired) electrons. The minimum absolute atomic E-state index is 0.0850. The Kier molecular flexibility index (Phi) is 4.93. The van der Waals surface area contributed by atoms with Crippen LogP contribution in [0.2, 0.25) is 0 Å². The number of nitrogens with one attached hydrogen (secondary N) is 2. The Morgan fingerprint density at radius 2 is 2.27 bits per heavy atom. The molecule has 4 N–H and O–H groups in total. The van der Waals surface area contributed by atoms with Crippen molar-refractivity contribution in [2.75, 3.05) is 0 Å². The van der Waals surface area contributed by atoms with Crippen molar-refractivity contribution in [1.82, 2.24) is 5.32 Å². The van der Waals surface area contributed by atoms with E-state index in [1.165, 1.54) is 6.08 Å². The summed E-state index contributed by atoms with van der Waals surface area (Å²) in [6.07, 6.45) is 2.95. The average molecular weight is 175 g/mol. The highest BCUT2D eigenvalue weighted by molar-refractivity contribution is 8.04. The Bertz CT molecular complexity index is 156. The van der Waals surface area contributed by atoms with E-state index >= 15 is 0 Å². The number of hydrogen-bond acceptors (Lipinski definition) is 4. The molecule has 5 heteroatoms. The summed E-state index contributed by atoms with van der Waals surface area (Å²) in [6.45, 7) is 3.93. The van der Waals surface area contributed by atoms with Crippen LogP contribution in [0, 0.1) is 5.41 Å². The van der Waals surface area contributed by atoms with Gasteiger partial charge in [-0.15, -0.1) is 5.14 Å². The van der Waals surface area contributed by atoms with Gasteiger partial charge < -0.3 is 9.87 Å². The molecule has 0 spiro atoms. The second-order valence-electron chi connectivity index (χ2n) is 2.32. The van der Waals surface area contributed by atoms with Gasteiger partial charge in [-0.3, -0.25) is 5.41 Å². The van der Waals surface area contributed by atoms with Gasteiger partial charge in [0.2, 0.25) is 0 Å². The molecule has 1 atom stereocenters. The largest absolute Gasteiger partial charge is 0.592 e. The average Bonchev–Trinajstić information content (AvgIpc) is 1.86. The van der Waals surface area contributed by atoms with Crippen molar-refractivity contribution < 1.29 is 4.55 Å². The van der Waals surface area contributed by atoms with Crippen molar-refractivity contribution in [3.05, 3.63) is 12.3 Å². The summed E-state index contributed by atoms with van der Waals surface area (Å²) >= 11 is -1.67. The van der Waals surface area contributed by atoms with Crippen LogP contribution in [-0.4, -0.2) is 15.6 Å². The third-order valence-electron chi connectivity index (χ3n) is 0.881. The maximum absolute atomic E-state index is 10.4. The Hall–Kier alpha value is -0.520. The Labute approximate surface area is 69.7 Å². The molecular weight excluding hydrogens is 162 g/mol. The van der Waals surface area contributed by atoms with Crippen LogP contribution in [0.15, 0.2) is 12.3 Å². The third kappa shape index (κ3) is 5.90. The van der Waals surface area contributed by atoms with Gasteiger partial charge in [0.25, 0.3) is 5.04 Å². The molecule has 4 nitrogen and oxygen atoms in total. The summed E-state index contributed by atoms with van der Waals surface area (Å²) in [6, 6.07) is 0.310. The summed E-state index contributed by atoms with van der Waals surface area (Å²) in [5, 5.41) is 14.8. The van der Waals surface area contributed by atoms with Crippen LogP contribution in [0.25, 0.3) is 0 Å². The maximum atomic E-state index is 10.4. The van der Waals surface area contributed by atoms with Crippen molar-refractivity contribution in [3.63, 3.8) is 0 Å². The summed E-state index contributed by atoms with van der Waals surface area (Å²) in [4.78, 5) is 0. The van der Waals surface area contributed by atoms with Gasteiger partial charge in [-0.25, -0.2) is 0 Å². The van der Waals surface area contributed by atoms with E-state index in [1.54, 1.807) is 6.20 Å². The van der Waals surface area contributed by atoms with Crippen molar-refractivity contribution >= 4 is 16.4 Å². The first-order chi connectivity index (χ1) is 5.04. The van der Waals surface area contributed by atoms with E-state index in [-0.39, 0.29) is 5.04 Å². The molecule has 0 rings (SSSR count). The maximum Gasteiger partial charge on any atom is 0.259 e. The zero-order valence-corrected chi connectivity index (χ0v) is 7.44. The molecule has 0 aliphatic rings. The lowest BCUT2D eigenvalue weighted by atomic mass is 10.4. The minimum Gasteiger partial charge on any atom is -0.592 e. The van der Waals surface area contributed by atoms with E-state index in [4.69, 9.17) is 10.5 Å². The highest BCUT2D eigenvalue weighted by Crippen LogP contribution is 1.84. The van der Waals surface area contributed by atoms with Crippen LogP contribution in [0.4, 0.5) is 0 Å². The van der Waals surface area contributed by atoms with E-state index in [2.05, 4.69) is 5.32 Å². The minimum atomic E-state index is -1.67. The predicted molar refractivity (Wildman–Crippen MR) is 47.5 cm³/mol. The first kappa shape index (κ1) is 10.5. The zero-order chi connectivity index (χ0) is 8.85. The highest BCUT2D eigenvalue weighted by Gasteiger charge is 2.03. The van der Waals surface area contributed by atoms with E-state index < -0.39 is 11.4 Å². The molecule has 0 amide bonds. The quantitative estimate of drug-likeness (QED) is 0.323. The zero-order valence-electron chi connectivity index (χ0n) is 6.63. The summed E-state index contributed by atoms with van der Waals surface area (Å²) in [5.74, 6) is 0. The molecule has 0 saturated carbocycles. The van der Waals surface area contributed by atoms with Gasteiger partial charge in [-0.2, -0.15) is 0 Å². The van der Waals surface area contributed by atoms with Crippen molar-refractivity contribution in [3.8, 4) is 0 Å². The second-order valence-corrected chi connectivity index (χ2v) is 3.35. The van der Waals surface area contributed by atoms with Gasteiger partial charge in [0.05, 0.1) is 11.4 Å². The fraction of sp³-hybridized carbons (Fsp3) is 0.500. The number of rotatable bonds is 3. The van der Waals surface area contributed by atoms with Crippen LogP contribution in [0.5, 0.6) is 0 Å². The van der Waals surface area contributed by atoms with E-state index in [9.17, 15) is 4.55 Å². The molecule has 0 bridgehead atoms. The molecule has 0 saturated heterocycles. The van der Waals surface area contributed by atoms with Gasteiger partial charge in [0.15, 0.2) is 0 Å². The van der Waals surface area contributed by atoms with Crippen LogP contribution >= 0.6 is 0 Å². The molecule has 0 fully saturated rings. The number of nitrogens with two attached hydrogens (primary N) is 1. The summed E-state index contributed by atoms with van der Waals surface area (Å²) < 4.78 is 10.4. The normalized spacial score (nSPS) is 13.9. The lowest BCUT2D eigenvalue weighted by Crippen LogP contribution is -2.22. The van der Waals surface area contributed by atoms with Gasteiger partial charge in [0.1, 0.15) is 0 Å². The molecule has 64 valence electrons. The number of hydrogen-bond donors (Lipinski definition) is 3. The summed E-state index contributed by atoms with van der Waals surface area (Å²) in [5.41, 5.74) is 0. The Morgan fingerprint density at radius 3 is 2.64 bits per heavy atom. The van der Waals surface area contributed by atoms with Crippen molar-refractivity contribution in [2.45, 2.75) is 19.9 Å². The molecule has 11 heavy (non-hydrogen) atoms. The van der Waals surface area contributed by atoms with Crippen LogP contribution in [0.3, 0.4) is 0 Å². The fourth-order valence-corrected chi connectivity index (χ4v) is 0.585. The lowest BCUT2D eigenvalue weighted by molar-refractivity contribution is 0.607. The molecule has 0 aromatic carbocycles. The first-order valence-corrected chi connectivity index (χ1v) is 4.42. The molecule has 0 aromatic rings. The fourth-order valence-electron chi connectivity index (χ4n) is 0.383. The topological polar surface area (TPSA) is 85.0 Å². The molecule has 1 unspecified atom stereocenters. The SMILES string of the molecule is CC(C)N/C=C\C(=N)[S+](N)[O-]. The summed E-state index contributed by atoms with van der Waals surface area (Å²) in [7, 11) is 0. The van der Waals surface area contributed by atoms with E-state index in [1.807, 2.05) is 13.8 Å². The van der Waals surface area contributed by atoms with Crippen molar-refractivity contribution in [2.24, 2.45) is 5.14 Å². The van der Waals surface area contributed by atoms with E-state index in [0.29, 0.717) is 6.04 Å². The predicted octanol–water partition coefficient (Wildman–Crippen LogP) is 0.0978.